The van der Waals surface area contributed by atoms with Gasteiger partial charge in [0.15, 0.2) is 5.82 Å². The van der Waals surface area contributed by atoms with Crippen LogP contribution < -0.4 is 0 Å². The van der Waals surface area contributed by atoms with Crippen LogP contribution in [0.3, 0.4) is 0 Å². The highest BCUT2D eigenvalue weighted by molar-refractivity contribution is 5.96. The maximum Gasteiger partial charge on any atom is 0.257 e. The second kappa shape index (κ2) is 9.87. The lowest BCUT2D eigenvalue weighted by molar-refractivity contribution is 0.0760. The Morgan fingerprint density at radius 3 is 2.60 bits per heavy atom. The van der Waals surface area contributed by atoms with E-state index >= 15 is 0 Å². The summed E-state index contributed by atoms with van der Waals surface area (Å²) in [6.45, 7) is 7.87. The molecule has 6 nitrogen and oxygen atoms in total. The molecule has 158 valence electrons. The number of halogens is 1. The minimum atomic E-state index is 0. The summed E-state index contributed by atoms with van der Waals surface area (Å²) in [5.41, 5.74) is 3.95. The van der Waals surface area contributed by atoms with Crippen molar-refractivity contribution in [2.45, 2.75) is 26.8 Å². The summed E-state index contributed by atoms with van der Waals surface area (Å²) < 4.78 is 5.41. The van der Waals surface area contributed by atoms with Gasteiger partial charge in [-0.25, -0.2) is 0 Å². The van der Waals surface area contributed by atoms with Gasteiger partial charge in [0.1, 0.15) is 0 Å². The molecule has 7 heteroatoms. The first-order valence-electron chi connectivity index (χ1n) is 10.1. The van der Waals surface area contributed by atoms with Crippen molar-refractivity contribution in [3.8, 4) is 11.5 Å². The SMILES string of the molecule is Cc1cccc(C(=O)N2CCCN(Cc3noc(-c4ccccc4)n3)CC2)c1C.Cl. The van der Waals surface area contributed by atoms with Gasteiger partial charge in [0, 0.05) is 37.3 Å². The zero-order valence-electron chi connectivity index (χ0n) is 17.4. The minimum absolute atomic E-state index is 0. The van der Waals surface area contributed by atoms with Gasteiger partial charge >= 0.3 is 0 Å². The Labute approximate surface area is 183 Å². The van der Waals surface area contributed by atoms with Crippen LogP contribution >= 0.6 is 12.4 Å². The number of aryl methyl sites for hydroxylation is 1. The molecular weight excluding hydrogens is 400 g/mol. The van der Waals surface area contributed by atoms with Crippen LogP contribution in [0.1, 0.15) is 33.7 Å². The number of nitrogens with zero attached hydrogens (tertiary/aromatic N) is 4. The van der Waals surface area contributed by atoms with Gasteiger partial charge in [-0.05, 0) is 49.6 Å². The van der Waals surface area contributed by atoms with E-state index in [0.29, 0.717) is 24.8 Å². The van der Waals surface area contributed by atoms with E-state index in [9.17, 15) is 4.79 Å². The van der Waals surface area contributed by atoms with Crippen LogP contribution in [0.4, 0.5) is 0 Å². The van der Waals surface area contributed by atoms with E-state index in [0.717, 1.165) is 48.3 Å². The highest BCUT2D eigenvalue weighted by Crippen LogP contribution is 2.19. The molecule has 2 heterocycles. The molecule has 0 spiro atoms. The van der Waals surface area contributed by atoms with Crippen LogP contribution in [0.25, 0.3) is 11.5 Å². The zero-order chi connectivity index (χ0) is 20.2. The summed E-state index contributed by atoms with van der Waals surface area (Å²) in [5, 5.41) is 4.13. The van der Waals surface area contributed by atoms with Crippen LogP contribution in [0.2, 0.25) is 0 Å². The molecule has 0 atom stereocenters. The van der Waals surface area contributed by atoms with E-state index in [4.69, 9.17) is 4.52 Å². The maximum absolute atomic E-state index is 13.0. The number of carbonyl (C=O) groups is 1. The molecule has 1 aliphatic rings. The lowest BCUT2D eigenvalue weighted by atomic mass is 10.0. The molecule has 0 aliphatic carbocycles. The molecule has 1 aliphatic heterocycles. The molecule has 1 saturated heterocycles. The third kappa shape index (κ3) is 4.89. The number of benzene rings is 2. The molecule has 3 aromatic rings. The number of aromatic nitrogens is 2. The van der Waals surface area contributed by atoms with Gasteiger partial charge in [-0.2, -0.15) is 4.98 Å². The molecule has 1 fully saturated rings. The molecule has 4 rings (SSSR count). The van der Waals surface area contributed by atoms with Gasteiger partial charge < -0.3 is 9.42 Å². The van der Waals surface area contributed by atoms with Crippen molar-refractivity contribution in [2.24, 2.45) is 0 Å². The van der Waals surface area contributed by atoms with Gasteiger partial charge in [-0.15, -0.1) is 12.4 Å². The second-order valence-electron chi connectivity index (χ2n) is 7.55. The number of rotatable bonds is 4. The Bertz CT molecular complexity index is 990. The number of carbonyl (C=O) groups excluding carboxylic acids is 1. The average Bonchev–Trinajstić information content (AvgIpc) is 3.08. The monoisotopic (exact) mass is 426 g/mol. The van der Waals surface area contributed by atoms with Crippen molar-refractivity contribution in [3.63, 3.8) is 0 Å². The first kappa shape index (κ1) is 22.0. The van der Waals surface area contributed by atoms with E-state index < -0.39 is 0 Å². The first-order chi connectivity index (χ1) is 14.1. The second-order valence-corrected chi connectivity index (χ2v) is 7.55. The fourth-order valence-corrected chi connectivity index (χ4v) is 3.70. The Hall–Kier alpha value is -2.70. The number of amides is 1. The molecule has 30 heavy (non-hydrogen) atoms. The topological polar surface area (TPSA) is 62.5 Å². The summed E-state index contributed by atoms with van der Waals surface area (Å²) >= 11 is 0. The minimum Gasteiger partial charge on any atom is -0.337 e. The van der Waals surface area contributed by atoms with Crippen LogP contribution in [-0.2, 0) is 6.54 Å². The largest absolute Gasteiger partial charge is 0.337 e. The van der Waals surface area contributed by atoms with Gasteiger partial charge in [0.2, 0.25) is 0 Å². The van der Waals surface area contributed by atoms with Crippen molar-refractivity contribution in [3.05, 3.63) is 71.0 Å². The Balaban J connectivity index is 0.00000256. The van der Waals surface area contributed by atoms with Crippen LogP contribution in [0, 0.1) is 13.8 Å². The van der Waals surface area contributed by atoms with Crippen molar-refractivity contribution in [1.82, 2.24) is 19.9 Å². The van der Waals surface area contributed by atoms with Gasteiger partial charge in [0.05, 0.1) is 6.54 Å². The van der Waals surface area contributed by atoms with Gasteiger partial charge in [-0.3, -0.25) is 9.69 Å². The van der Waals surface area contributed by atoms with Gasteiger partial charge in [0.25, 0.3) is 11.8 Å². The fraction of sp³-hybridized carbons (Fsp3) is 0.348. The van der Waals surface area contributed by atoms with E-state index in [1.54, 1.807) is 0 Å². The third-order valence-corrected chi connectivity index (χ3v) is 5.56. The average molecular weight is 427 g/mol. The Morgan fingerprint density at radius 2 is 1.80 bits per heavy atom. The molecule has 0 radical (unpaired) electrons. The predicted molar refractivity (Wildman–Crippen MR) is 119 cm³/mol. The van der Waals surface area contributed by atoms with E-state index in [1.165, 1.54) is 0 Å². The lowest BCUT2D eigenvalue weighted by Crippen LogP contribution is -2.35. The summed E-state index contributed by atoms with van der Waals surface area (Å²) in [6.07, 6.45) is 0.931. The fourth-order valence-electron chi connectivity index (χ4n) is 3.70. The normalized spacial score (nSPS) is 14.8. The summed E-state index contributed by atoms with van der Waals surface area (Å²) in [7, 11) is 0. The smallest absolute Gasteiger partial charge is 0.257 e. The van der Waals surface area contributed by atoms with E-state index in [1.807, 2.05) is 67.3 Å². The predicted octanol–water partition coefficient (Wildman–Crippen LogP) is 4.12. The number of hydrogen-bond acceptors (Lipinski definition) is 5. The van der Waals surface area contributed by atoms with E-state index in [-0.39, 0.29) is 18.3 Å². The summed E-state index contributed by atoms with van der Waals surface area (Å²) in [4.78, 5) is 21.8. The lowest BCUT2D eigenvalue weighted by Gasteiger charge is -2.22. The highest BCUT2D eigenvalue weighted by Gasteiger charge is 2.22. The summed E-state index contributed by atoms with van der Waals surface area (Å²) in [6, 6.07) is 15.7. The standard InChI is InChI=1S/C23H26N4O2.ClH/c1-17-8-6-11-20(18(17)2)23(28)27-13-7-12-26(14-15-27)16-21-24-22(29-25-21)19-9-4-3-5-10-19;/h3-6,8-11H,7,12-16H2,1-2H3;1H. The molecule has 0 N–H and O–H groups in total. The molecule has 1 amide bonds. The van der Waals surface area contributed by atoms with Crippen molar-refractivity contribution >= 4 is 18.3 Å². The van der Waals surface area contributed by atoms with Crippen molar-refractivity contribution in [2.75, 3.05) is 26.2 Å². The molecular formula is C23H27ClN4O2. The highest BCUT2D eigenvalue weighted by atomic mass is 35.5. The Morgan fingerprint density at radius 1 is 1.00 bits per heavy atom. The molecule has 1 aromatic heterocycles. The molecule has 0 saturated carbocycles. The van der Waals surface area contributed by atoms with Crippen molar-refractivity contribution in [1.29, 1.82) is 0 Å². The molecule has 0 bridgehead atoms. The molecule has 0 unspecified atom stereocenters. The zero-order valence-corrected chi connectivity index (χ0v) is 18.2. The number of hydrogen-bond donors (Lipinski definition) is 0. The summed E-state index contributed by atoms with van der Waals surface area (Å²) in [5.74, 6) is 1.35. The first-order valence-corrected chi connectivity index (χ1v) is 10.1. The van der Waals surface area contributed by atoms with Gasteiger partial charge in [-0.1, -0.05) is 35.5 Å². The van der Waals surface area contributed by atoms with Crippen LogP contribution in [0.15, 0.2) is 53.1 Å². The Kier molecular flexibility index (Phi) is 7.24. The van der Waals surface area contributed by atoms with Crippen LogP contribution in [-0.4, -0.2) is 52.0 Å². The van der Waals surface area contributed by atoms with Crippen LogP contribution in [0.5, 0.6) is 0 Å². The quantitative estimate of drug-likeness (QED) is 0.627. The van der Waals surface area contributed by atoms with E-state index in [2.05, 4.69) is 15.0 Å². The molecule has 2 aromatic carbocycles. The van der Waals surface area contributed by atoms with Crippen molar-refractivity contribution < 1.29 is 9.32 Å². The third-order valence-electron chi connectivity index (χ3n) is 5.56. The maximum atomic E-state index is 13.0.